The van der Waals surface area contributed by atoms with Crippen LogP contribution in [-0.2, 0) is 16.0 Å². The number of pyridine rings is 1. The van der Waals surface area contributed by atoms with Crippen molar-refractivity contribution >= 4 is 11.8 Å². The number of halogens is 1. The molecule has 0 spiro atoms. The van der Waals surface area contributed by atoms with E-state index in [2.05, 4.69) is 4.98 Å². The average Bonchev–Trinajstić information content (AvgIpc) is 2.63. The van der Waals surface area contributed by atoms with Crippen LogP contribution in [0.2, 0.25) is 0 Å². The molecule has 0 aliphatic carbocycles. The summed E-state index contributed by atoms with van der Waals surface area (Å²) < 4.78 is 18.5. The number of nitrogens with two attached hydrogens (primary N) is 1. The largest absolute Gasteiger partial charge is 0.367 e. The second-order valence-corrected chi connectivity index (χ2v) is 6.51. The number of amides is 2. The zero-order valence-corrected chi connectivity index (χ0v) is 14.4. The van der Waals surface area contributed by atoms with Gasteiger partial charge in [-0.05, 0) is 36.8 Å². The number of aromatic nitrogens is 1. The van der Waals surface area contributed by atoms with Crippen molar-refractivity contribution in [2.24, 2.45) is 5.73 Å². The molecular weight excluding hydrogens is 337 g/mol. The van der Waals surface area contributed by atoms with E-state index in [1.165, 1.54) is 12.1 Å². The molecule has 0 saturated carbocycles. The van der Waals surface area contributed by atoms with Crippen molar-refractivity contribution in [3.8, 4) is 0 Å². The highest BCUT2D eigenvalue weighted by atomic mass is 19.1. The fraction of sp³-hybridized carbons (Fsp3) is 0.316. The Morgan fingerprint density at radius 2 is 2.04 bits per heavy atom. The number of rotatable bonds is 4. The fourth-order valence-corrected chi connectivity index (χ4v) is 2.89. The molecule has 136 valence electrons. The van der Waals surface area contributed by atoms with Crippen LogP contribution in [0.3, 0.4) is 0 Å². The summed E-state index contributed by atoms with van der Waals surface area (Å²) in [6, 6.07) is 9.50. The molecule has 1 aromatic carbocycles. The van der Waals surface area contributed by atoms with Gasteiger partial charge < -0.3 is 15.4 Å². The molecule has 0 bridgehead atoms. The normalized spacial score (nSPS) is 20.0. The lowest BCUT2D eigenvalue weighted by Gasteiger charge is -2.38. The van der Waals surface area contributed by atoms with E-state index in [1.54, 1.807) is 42.3 Å². The Kier molecular flexibility index (Phi) is 4.99. The van der Waals surface area contributed by atoms with Gasteiger partial charge in [-0.1, -0.05) is 12.1 Å². The molecule has 2 amide bonds. The fourth-order valence-electron chi connectivity index (χ4n) is 2.89. The summed E-state index contributed by atoms with van der Waals surface area (Å²) >= 11 is 0. The number of morpholine rings is 1. The van der Waals surface area contributed by atoms with Crippen molar-refractivity contribution in [1.29, 1.82) is 0 Å². The van der Waals surface area contributed by atoms with Crippen molar-refractivity contribution in [3.05, 3.63) is 65.2 Å². The van der Waals surface area contributed by atoms with Crippen LogP contribution in [0.25, 0.3) is 0 Å². The van der Waals surface area contributed by atoms with Gasteiger partial charge in [0, 0.05) is 30.4 Å². The second-order valence-electron chi connectivity index (χ2n) is 6.51. The molecule has 1 fully saturated rings. The van der Waals surface area contributed by atoms with Crippen LogP contribution >= 0.6 is 0 Å². The van der Waals surface area contributed by atoms with Gasteiger partial charge in [-0.2, -0.15) is 0 Å². The van der Waals surface area contributed by atoms with Crippen LogP contribution in [0.1, 0.15) is 28.5 Å². The van der Waals surface area contributed by atoms with Crippen molar-refractivity contribution in [2.45, 2.75) is 18.9 Å². The number of hydrogen-bond acceptors (Lipinski definition) is 4. The molecule has 1 aliphatic heterocycles. The number of benzene rings is 1. The van der Waals surface area contributed by atoms with Crippen molar-refractivity contribution in [1.82, 2.24) is 9.88 Å². The Balaban J connectivity index is 1.75. The molecular formula is C19H20FN3O3. The third-order valence-electron chi connectivity index (χ3n) is 4.44. The van der Waals surface area contributed by atoms with Gasteiger partial charge in [0.25, 0.3) is 11.8 Å². The Morgan fingerprint density at radius 1 is 1.31 bits per heavy atom. The summed E-state index contributed by atoms with van der Waals surface area (Å²) in [7, 11) is 0. The van der Waals surface area contributed by atoms with E-state index < -0.39 is 11.5 Å². The van der Waals surface area contributed by atoms with Gasteiger partial charge in [0.1, 0.15) is 5.82 Å². The molecule has 6 nitrogen and oxygen atoms in total. The number of carbonyl (C=O) groups is 2. The first kappa shape index (κ1) is 18.0. The minimum atomic E-state index is -1.18. The van der Waals surface area contributed by atoms with Crippen LogP contribution in [0.5, 0.6) is 0 Å². The summed E-state index contributed by atoms with van der Waals surface area (Å²) in [6.07, 6.45) is 2.06. The number of hydrogen-bond donors (Lipinski definition) is 1. The highest BCUT2D eigenvalue weighted by molar-refractivity contribution is 5.95. The highest BCUT2D eigenvalue weighted by Crippen LogP contribution is 2.19. The molecule has 2 aromatic rings. The zero-order valence-electron chi connectivity index (χ0n) is 14.4. The first-order valence-corrected chi connectivity index (χ1v) is 8.30. The van der Waals surface area contributed by atoms with E-state index in [0.29, 0.717) is 24.2 Å². The molecule has 1 aliphatic rings. The molecule has 1 unspecified atom stereocenters. The van der Waals surface area contributed by atoms with Gasteiger partial charge in [0.05, 0.1) is 13.2 Å². The Morgan fingerprint density at radius 3 is 2.73 bits per heavy atom. The van der Waals surface area contributed by atoms with Gasteiger partial charge >= 0.3 is 0 Å². The highest BCUT2D eigenvalue weighted by Gasteiger charge is 2.39. The van der Waals surface area contributed by atoms with Gasteiger partial charge in [-0.3, -0.25) is 14.6 Å². The van der Waals surface area contributed by atoms with Crippen LogP contribution in [0, 0.1) is 5.82 Å². The van der Waals surface area contributed by atoms with Crippen molar-refractivity contribution in [3.63, 3.8) is 0 Å². The maximum Gasteiger partial charge on any atom is 0.254 e. The molecule has 0 radical (unpaired) electrons. The van der Waals surface area contributed by atoms with Crippen LogP contribution in [-0.4, -0.2) is 47.0 Å². The number of nitrogens with zero attached hydrogens (tertiary/aromatic N) is 2. The smallest absolute Gasteiger partial charge is 0.254 e. The third-order valence-corrected chi connectivity index (χ3v) is 4.44. The zero-order chi connectivity index (χ0) is 18.7. The van der Waals surface area contributed by atoms with Crippen LogP contribution in [0.4, 0.5) is 4.39 Å². The van der Waals surface area contributed by atoms with Gasteiger partial charge in [-0.15, -0.1) is 0 Å². The Bertz CT molecular complexity index is 825. The summed E-state index contributed by atoms with van der Waals surface area (Å²) in [5.41, 5.74) is 6.28. The van der Waals surface area contributed by atoms with Gasteiger partial charge in [-0.25, -0.2) is 4.39 Å². The molecule has 1 aromatic heterocycles. The first-order valence-electron chi connectivity index (χ1n) is 8.30. The molecule has 7 heteroatoms. The maximum atomic E-state index is 13.0. The summed E-state index contributed by atoms with van der Waals surface area (Å²) in [5.74, 6) is -1.10. The third kappa shape index (κ3) is 3.88. The van der Waals surface area contributed by atoms with Crippen molar-refractivity contribution in [2.75, 3.05) is 19.7 Å². The lowest BCUT2D eigenvalue weighted by Crippen LogP contribution is -2.58. The van der Waals surface area contributed by atoms with E-state index >= 15 is 0 Å². The first-order chi connectivity index (χ1) is 12.4. The number of carbonyl (C=O) groups excluding carboxylic acids is 2. The minimum absolute atomic E-state index is 0.108. The summed E-state index contributed by atoms with van der Waals surface area (Å²) in [4.78, 5) is 30.2. The Hall–Kier alpha value is -2.80. The van der Waals surface area contributed by atoms with Gasteiger partial charge in [0.15, 0.2) is 5.60 Å². The lowest BCUT2D eigenvalue weighted by molar-refractivity contribution is -0.150. The Labute approximate surface area is 150 Å². The molecule has 2 N–H and O–H groups in total. The van der Waals surface area contributed by atoms with Crippen LogP contribution < -0.4 is 5.73 Å². The topological polar surface area (TPSA) is 85.5 Å². The van der Waals surface area contributed by atoms with E-state index in [1.807, 2.05) is 0 Å². The summed E-state index contributed by atoms with van der Waals surface area (Å²) in [5, 5.41) is 0. The quantitative estimate of drug-likeness (QED) is 0.899. The molecule has 1 atom stereocenters. The minimum Gasteiger partial charge on any atom is -0.367 e. The van der Waals surface area contributed by atoms with E-state index in [-0.39, 0.29) is 24.9 Å². The standard InChI is InChI=1S/C19H20FN3O3/c1-19(18(21)25)12-23(8-9-26-19)17(24)14-6-7-22-16(11-14)10-13-2-4-15(20)5-3-13/h2-7,11H,8-10,12H2,1H3,(H2,21,25). The SMILES string of the molecule is CC1(C(N)=O)CN(C(=O)c2ccnc(Cc3ccc(F)cc3)c2)CCO1. The predicted octanol–water partition coefficient (Wildman–Crippen LogP) is 1.53. The monoisotopic (exact) mass is 357 g/mol. The number of primary amides is 1. The van der Waals surface area contributed by atoms with E-state index in [0.717, 1.165) is 5.56 Å². The predicted molar refractivity (Wildman–Crippen MR) is 92.9 cm³/mol. The molecule has 1 saturated heterocycles. The molecule has 2 heterocycles. The molecule has 26 heavy (non-hydrogen) atoms. The van der Waals surface area contributed by atoms with Gasteiger partial charge in [0.2, 0.25) is 0 Å². The van der Waals surface area contributed by atoms with E-state index in [4.69, 9.17) is 10.5 Å². The summed E-state index contributed by atoms with van der Waals surface area (Å²) in [6.45, 7) is 2.33. The number of ether oxygens (including phenoxy) is 1. The maximum absolute atomic E-state index is 13.0. The van der Waals surface area contributed by atoms with Crippen molar-refractivity contribution < 1.29 is 18.7 Å². The van der Waals surface area contributed by atoms with E-state index in [9.17, 15) is 14.0 Å². The second kappa shape index (κ2) is 7.21. The average molecular weight is 357 g/mol. The lowest BCUT2D eigenvalue weighted by atomic mass is 10.0. The molecule has 3 rings (SSSR count). The van der Waals surface area contributed by atoms with Crippen LogP contribution in [0.15, 0.2) is 42.6 Å².